The van der Waals surface area contributed by atoms with E-state index in [4.69, 9.17) is 14.5 Å². The number of ether oxygens (including phenoxy) is 2. The van der Waals surface area contributed by atoms with Gasteiger partial charge in [-0.25, -0.2) is 0 Å². The summed E-state index contributed by atoms with van der Waals surface area (Å²) in [4.78, 5) is 7.43. The number of nitriles is 2. The monoisotopic (exact) mass is 452 g/mol. The first-order valence-electron chi connectivity index (χ1n) is 11.9. The Balaban J connectivity index is 1.79. The normalized spacial score (nSPS) is 24.1. The van der Waals surface area contributed by atoms with E-state index in [1.54, 1.807) is 14.2 Å². The van der Waals surface area contributed by atoms with Crippen LogP contribution in [-0.4, -0.2) is 32.1 Å². The van der Waals surface area contributed by atoms with Gasteiger partial charge >= 0.3 is 0 Å². The molecule has 2 atom stereocenters. The average molecular weight is 453 g/mol. The molecule has 2 aromatic rings. The minimum absolute atomic E-state index is 0.176. The van der Waals surface area contributed by atoms with Crippen LogP contribution in [0.15, 0.2) is 53.5 Å². The van der Waals surface area contributed by atoms with E-state index in [2.05, 4.69) is 23.1 Å². The van der Waals surface area contributed by atoms with Gasteiger partial charge in [0, 0.05) is 5.56 Å². The fourth-order valence-corrected chi connectivity index (χ4v) is 5.68. The maximum absolute atomic E-state index is 10.6. The van der Waals surface area contributed by atoms with Crippen LogP contribution >= 0.6 is 0 Å². The molecule has 2 aromatic carbocycles. The lowest BCUT2D eigenvalue weighted by Gasteiger charge is -2.32. The molecule has 6 heteroatoms. The van der Waals surface area contributed by atoms with E-state index in [-0.39, 0.29) is 6.04 Å². The summed E-state index contributed by atoms with van der Waals surface area (Å²) < 4.78 is 11.3. The molecule has 2 aliphatic heterocycles. The number of para-hydroxylation sites is 1. The molecular formula is C28H28N4O2. The van der Waals surface area contributed by atoms with Crippen LogP contribution in [0.1, 0.15) is 49.1 Å². The number of fused-ring (bicyclic) bond motifs is 3. The third-order valence-corrected chi connectivity index (χ3v) is 7.37. The van der Waals surface area contributed by atoms with Crippen molar-refractivity contribution in [3.63, 3.8) is 0 Å². The van der Waals surface area contributed by atoms with Crippen molar-refractivity contribution in [2.24, 2.45) is 10.4 Å². The smallest absolute Gasteiger partial charge is 0.181 e. The molecule has 5 rings (SSSR count). The summed E-state index contributed by atoms with van der Waals surface area (Å²) >= 11 is 0. The van der Waals surface area contributed by atoms with Crippen molar-refractivity contribution in [3.8, 4) is 23.6 Å². The Labute approximate surface area is 200 Å². The number of rotatable bonds is 4. The molecule has 1 saturated heterocycles. The third-order valence-electron chi connectivity index (χ3n) is 7.37. The highest BCUT2D eigenvalue weighted by atomic mass is 16.5. The van der Waals surface area contributed by atoms with Crippen LogP contribution in [0, 0.1) is 28.1 Å². The maximum Gasteiger partial charge on any atom is 0.181 e. The maximum atomic E-state index is 10.6. The van der Waals surface area contributed by atoms with Crippen LogP contribution in [0.3, 0.4) is 0 Å². The van der Waals surface area contributed by atoms with Gasteiger partial charge in [-0.15, -0.1) is 0 Å². The summed E-state index contributed by atoms with van der Waals surface area (Å²) in [6, 6.07) is 18.2. The highest BCUT2D eigenvalue weighted by molar-refractivity contribution is 6.10. The Morgan fingerprint density at radius 2 is 1.76 bits per heavy atom. The molecule has 0 radical (unpaired) electrons. The lowest BCUT2D eigenvalue weighted by molar-refractivity contribution is 0.389. The van der Waals surface area contributed by atoms with Crippen molar-refractivity contribution in [2.75, 3.05) is 19.1 Å². The van der Waals surface area contributed by atoms with Gasteiger partial charge in [-0.3, -0.25) is 4.99 Å². The highest BCUT2D eigenvalue weighted by Crippen LogP contribution is 2.55. The number of aliphatic imine (C=N–C) groups is 1. The zero-order chi connectivity index (χ0) is 23.7. The van der Waals surface area contributed by atoms with E-state index in [1.807, 2.05) is 48.6 Å². The lowest BCUT2D eigenvalue weighted by atomic mass is 9.71. The largest absolute Gasteiger partial charge is 0.497 e. The highest BCUT2D eigenvalue weighted by Gasteiger charge is 2.61. The van der Waals surface area contributed by atoms with Crippen molar-refractivity contribution in [1.29, 1.82) is 10.5 Å². The van der Waals surface area contributed by atoms with Crippen LogP contribution in [0.4, 0.5) is 5.69 Å². The number of hydrogen-bond donors (Lipinski definition) is 0. The molecule has 3 aliphatic rings. The Bertz CT molecular complexity index is 1220. The molecule has 0 bridgehead atoms. The second-order valence-electron chi connectivity index (χ2n) is 9.15. The van der Waals surface area contributed by atoms with Gasteiger partial charge in [-0.2, -0.15) is 10.5 Å². The first-order chi connectivity index (χ1) is 16.7. The molecule has 34 heavy (non-hydrogen) atoms. The standard InChI is InChI=1S/C28H28N4O2/c1-33-21-13-14-24(34-2)22(16-21)26-27(31-20-9-4-3-5-10-20)32-23-11-7-6-8-19(23)12-15-25(32)28(26,17-29)18-30/h6-8,11-16,20,25-26H,3-5,9-10H2,1-2H3. The predicted molar refractivity (Wildman–Crippen MR) is 132 cm³/mol. The van der Waals surface area contributed by atoms with E-state index in [1.165, 1.54) is 6.42 Å². The molecule has 2 heterocycles. The van der Waals surface area contributed by atoms with E-state index in [0.717, 1.165) is 48.3 Å². The number of methoxy groups -OCH3 is 2. The van der Waals surface area contributed by atoms with Crippen LogP contribution in [0.2, 0.25) is 0 Å². The Morgan fingerprint density at radius 3 is 2.47 bits per heavy atom. The fourth-order valence-electron chi connectivity index (χ4n) is 5.68. The van der Waals surface area contributed by atoms with Gasteiger partial charge in [0.2, 0.25) is 0 Å². The lowest BCUT2D eigenvalue weighted by Crippen LogP contribution is -2.40. The third kappa shape index (κ3) is 3.33. The van der Waals surface area contributed by atoms with Crippen LogP contribution in [0.5, 0.6) is 11.5 Å². The SMILES string of the molecule is COc1ccc(OC)c(C2C(=NC3CCCCC3)N3c4ccccc4C=CC3C2(C#N)C#N)c1. The molecule has 0 spiro atoms. The van der Waals surface area contributed by atoms with Crippen LogP contribution < -0.4 is 14.4 Å². The summed E-state index contributed by atoms with van der Waals surface area (Å²) in [5, 5.41) is 21.2. The van der Waals surface area contributed by atoms with Gasteiger partial charge in [0.1, 0.15) is 17.3 Å². The molecule has 0 amide bonds. The number of amidine groups is 1. The summed E-state index contributed by atoms with van der Waals surface area (Å²) in [5.41, 5.74) is 1.40. The summed E-state index contributed by atoms with van der Waals surface area (Å²) in [5.74, 6) is 1.45. The van der Waals surface area contributed by atoms with Gasteiger partial charge < -0.3 is 14.4 Å². The Kier molecular flexibility index (Phi) is 5.75. The zero-order valence-electron chi connectivity index (χ0n) is 19.6. The molecule has 2 fully saturated rings. The molecule has 0 aromatic heterocycles. The van der Waals surface area contributed by atoms with Gasteiger partial charge in [0.15, 0.2) is 5.41 Å². The van der Waals surface area contributed by atoms with Crippen molar-refractivity contribution in [1.82, 2.24) is 0 Å². The van der Waals surface area contributed by atoms with Gasteiger partial charge in [0.05, 0.1) is 50.0 Å². The minimum Gasteiger partial charge on any atom is -0.497 e. The van der Waals surface area contributed by atoms with Gasteiger partial charge in [-0.05, 0) is 42.7 Å². The molecule has 1 saturated carbocycles. The number of anilines is 1. The zero-order valence-corrected chi connectivity index (χ0v) is 19.6. The van der Waals surface area contributed by atoms with Gasteiger partial charge in [0.25, 0.3) is 0 Å². The molecule has 1 aliphatic carbocycles. The molecule has 2 unspecified atom stereocenters. The number of hydrogen-bond acceptors (Lipinski definition) is 5. The number of nitrogens with zero attached hydrogens (tertiary/aromatic N) is 4. The molecule has 0 N–H and O–H groups in total. The first kappa shape index (κ1) is 22.0. The van der Waals surface area contributed by atoms with Gasteiger partial charge in [-0.1, -0.05) is 49.6 Å². The van der Waals surface area contributed by atoms with E-state index in [9.17, 15) is 10.5 Å². The quantitative estimate of drug-likeness (QED) is 0.615. The molecule has 6 nitrogen and oxygen atoms in total. The minimum atomic E-state index is -1.38. The van der Waals surface area contributed by atoms with Crippen molar-refractivity contribution in [3.05, 3.63) is 59.7 Å². The predicted octanol–water partition coefficient (Wildman–Crippen LogP) is 5.47. The Morgan fingerprint density at radius 1 is 1.00 bits per heavy atom. The molecular weight excluding hydrogens is 424 g/mol. The second kappa shape index (κ2) is 8.88. The number of benzene rings is 2. The van der Waals surface area contributed by atoms with E-state index >= 15 is 0 Å². The summed E-state index contributed by atoms with van der Waals surface area (Å²) in [6.45, 7) is 0. The average Bonchev–Trinajstić information content (AvgIpc) is 3.18. The summed E-state index contributed by atoms with van der Waals surface area (Å²) in [7, 11) is 3.22. The Hall–Kier alpha value is -3.77. The topological polar surface area (TPSA) is 81.6 Å². The second-order valence-corrected chi connectivity index (χ2v) is 9.15. The van der Waals surface area contributed by atoms with Crippen LogP contribution in [-0.2, 0) is 0 Å². The molecule has 172 valence electrons. The van der Waals surface area contributed by atoms with Crippen molar-refractivity contribution in [2.45, 2.75) is 50.1 Å². The van der Waals surface area contributed by atoms with E-state index in [0.29, 0.717) is 11.5 Å². The fraction of sp³-hybridized carbons (Fsp3) is 0.393. The van der Waals surface area contributed by atoms with Crippen molar-refractivity contribution < 1.29 is 9.47 Å². The van der Waals surface area contributed by atoms with Crippen molar-refractivity contribution >= 4 is 17.6 Å². The summed E-state index contributed by atoms with van der Waals surface area (Å²) in [6.07, 6.45) is 9.57. The van der Waals surface area contributed by atoms with E-state index < -0.39 is 17.4 Å². The first-order valence-corrected chi connectivity index (χ1v) is 11.9. The van der Waals surface area contributed by atoms with Crippen LogP contribution in [0.25, 0.3) is 6.08 Å².